The van der Waals surface area contributed by atoms with Gasteiger partial charge in [-0.25, -0.2) is 4.98 Å². The molecule has 0 radical (unpaired) electrons. The number of nitrogens with zero attached hydrogens (tertiary/aromatic N) is 5. The number of rotatable bonds is 3. The summed E-state index contributed by atoms with van der Waals surface area (Å²) < 4.78 is 0. The van der Waals surface area contributed by atoms with Crippen molar-refractivity contribution in [1.82, 2.24) is 25.1 Å². The van der Waals surface area contributed by atoms with Crippen LogP contribution in [0.2, 0.25) is 0 Å². The van der Waals surface area contributed by atoms with E-state index >= 15 is 0 Å². The minimum atomic E-state index is 0.406. The van der Waals surface area contributed by atoms with Gasteiger partial charge in [-0.15, -0.1) is 0 Å². The third-order valence-corrected chi connectivity index (χ3v) is 4.38. The van der Waals surface area contributed by atoms with E-state index in [1.54, 1.807) is 18.5 Å². The predicted molar refractivity (Wildman–Crippen MR) is 106 cm³/mol. The first kappa shape index (κ1) is 15.3. The highest BCUT2D eigenvalue weighted by Crippen LogP contribution is 2.34. The average molecular weight is 353 g/mol. The maximum Gasteiger partial charge on any atom is 0.236 e. The summed E-state index contributed by atoms with van der Waals surface area (Å²) in [6.07, 6.45) is 5.25. The molecule has 0 saturated carbocycles. The van der Waals surface area contributed by atoms with Crippen LogP contribution in [-0.4, -0.2) is 25.1 Å². The van der Waals surface area contributed by atoms with Crippen molar-refractivity contribution >= 4 is 44.9 Å². The fourth-order valence-electron chi connectivity index (χ4n) is 3.10. The van der Waals surface area contributed by atoms with E-state index in [-0.39, 0.29) is 0 Å². The molecule has 3 aromatic heterocycles. The largest absolute Gasteiger partial charge is 0.384 e. The molecule has 0 fully saturated rings. The van der Waals surface area contributed by atoms with Gasteiger partial charge in [-0.3, -0.25) is 15.0 Å². The molecule has 2 aromatic carbocycles. The van der Waals surface area contributed by atoms with E-state index in [0.29, 0.717) is 11.8 Å². The Morgan fingerprint density at radius 2 is 1.74 bits per heavy atom. The number of pyridine rings is 1. The molecule has 5 aromatic rings. The number of anilines is 4. The third kappa shape index (κ3) is 2.71. The van der Waals surface area contributed by atoms with Crippen LogP contribution in [0.1, 0.15) is 0 Å². The smallest absolute Gasteiger partial charge is 0.236 e. The second kappa shape index (κ2) is 6.06. The Kier molecular flexibility index (Phi) is 3.43. The number of fused-ring (bicyclic) bond motifs is 2. The Bertz CT molecular complexity index is 1260. The first-order chi connectivity index (χ1) is 13.3. The zero-order chi connectivity index (χ0) is 18.2. The molecule has 0 spiro atoms. The molecule has 0 unspecified atom stereocenters. The van der Waals surface area contributed by atoms with Crippen LogP contribution < -0.4 is 10.6 Å². The molecule has 0 atom stereocenters. The molecule has 0 saturated heterocycles. The Morgan fingerprint density at radius 1 is 0.852 bits per heavy atom. The van der Waals surface area contributed by atoms with Crippen LogP contribution in [0.4, 0.5) is 23.1 Å². The SMILES string of the molecule is Nc1ccnc(N(c2cnc3ccccc3c2)c2ccc3[nH]ncc3c2)n1. The highest BCUT2D eigenvalue weighted by atomic mass is 15.3. The first-order valence-corrected chi connectivity index (χ1v) is 8.44. The maximum atomic E-state index is 5.91. The van der Waals surface area contributed by atoms with Gasteiger partial charge in [0.1, 0.15) is 5.82 Å². The van der Waals surface area contributed by atoms with Crippen molar-refractivity contribution in [3.63, 3.8) is 0 Å². The van der Waals surface area contributed by atoms with Crippen LogP contribution in [0, 0.1) is 0 Å². The lowest BCUT2D eigenvalue weighted by Gasteiger charge is -2.23. The van der Waals surface area contributed by atoms with Crippen molar-refractivity contribution < 1.29 is 0 Å². The summed E-state index contributed by atoms with van der Waals surface area (Å²) in [7, 11) is 0. The molecule has 0 aliphatic heterocycles. The van der Waals surface area contributed by atoms with Crippen LogP contribution in [0.25, 0.3) is 21.8 Å². The zero-order valence-electron chi connectivity index (χ0n) is 14.2. The van der Waals surface area contributed by atoms with Crippen molar-refractivity contribution in [2.24, 2.45) is 0 Å². The third-order valence-electron chi connectivity index (χ3n) is 4.38. The van der Waals surface area contributed by atoms with Gasteiger partial charge < -0.3 is 5.73 Å². The van der Waals surface area contributed by atoms with Gasteiger partial charge >= 0.3 is 0 Å². The zero-order valence-corrected chi connectivity index (χ0v) is 14.2. The molecule has 7 nitrogen and oxygen atoms in total. The number of H-pyrrole nitrogens is 1. The first-order valence-electron chi connectivity index (χ1n) is 8.44. The van der Waals surface area contributed by atoms with Crippen LogP contribution in [-0.2, 0) is 0 Å². The van der Waals surface area contributed by atoms with Crippen molar-refractivity contribution in [3.8, 4) is 0 Å². The topological polar surface area (TPSA) is 96.6 Å². The normalized spacial score (nSPS) is 11.1. The Labute approximate surface area is 154 Å². The second-order valence-electron chi connectivity index (χ2n) is 6.14. The van der Waals surface area contributed by atoms with Crippen LogP contribution in [0.15, 0.2) is 73.2 Å². The van der Waals surface area contributed by atoms with Gasteiger partial charge in [-0.05, 0) is 36.4 Å². The Balaban J connectivity index is 1.73. The van der Waals surface area contributed by atoms with E-state index in [2.05, 4.69) is 31.2 Å². The second-order valence-corrected chi connectivity index (χ2v) is 6.14. The molecule has 130 valence electrons. The summed E-state index contributed by atoms with van der Waals surface area (Å²) in [6.45, 7) is 0. The summed E-state index contributed by atoms with van der Waals surface area (Å²) in [5.41, 5.74) is 9.55. The summed E-state index contributed by atoms with van der Waals surface area (Å²) in [5, 5.41) is 9.09. The van der Waals surface area contributed by atoms with Gasteiger partial charge in [0.15, 0.2) is 0 Å². The Hall–Kier alpha value is -4.00. The molecule has 3 N–H and O–H groups in total. The van der Waals surface area contributed by atoms with E-state index in [1.165, 1.54) is 0 Å². The van der Waals surface area contributed by atoms with Crippen LogP contribution in [0.3, 0.4) is 0 Å². The number of hydrogen-bond donors (Lipinski definition) is 2. The number of nitrogens with one attached hydrogen (secondary N) is 1. The molecule has 5 rings (SSSR count). The molecule has 27 heavy (non-hydrogen) atoms. The number of benzene rings is 2. The highest BCUT2D eigenvalue weighted by Gasteiger charge is 2.17. The van der Waals surface area contributed by atoms with Gasteiger partial charge in [-0.1, -0.05) is 18.2 Å². The summed E-state index contributed by atoms with van der Waals surface area (Å²) in [5.74, 6) is 0.887. The lowest BCUT2D eigenvalue weighted by atomic mass is 10.2. The number of nitrogen functional groups attached to an aromatic ring is 1. The van der Waals surface area contributed by atoms with Gasteiger partial charge in [0, 0.05) is 22.7 Å². The minimum Gasteiger partial charge on any atom is -0.384 e. The lowest BCUT2D eigenvalue weighted by Crippen LogP contribution is -2.14. The molecule has 0 aliphatic rings. The molecule has 0 aliphatic carbocycles. The van der Waals surface area contributed by atoms with Crippen LogP contribution >= 0.6 is 0 Å². The maximum absolute atomic E-state index is 5.91. The van der Waals surface area contributed by atoms with E-state index in [9.17, 15) is 0 Å². The number of nitrogens with two attached hydrogens (primary N) is 1. The molecule has 3 heterocycles. The van der Waals surface area contributed by atoms with Crippen LogP contribution in [0.5, 0.6) is 0 Å². The summed E-state index contributed by atoms with van der Waals surface area (Å²) >= 11 is 0. The monoisotopic (exact) mass is 353 g/mol. The average Bonchev–Trinajstić information content (AvgIpc) is 3.16. The quantitative estimate of drug-likeness (QED) is 0.510. The van der Waals surface area contributed by atoms with E-state index in [1.807, 2.05) is 53.6 Å². The molecule has 7 heteroatoms. The van der Waals surface area contributed by atoms with E-state index in [4.69, 9.17) is 5.73 Å². The van der Waals surface area contributed by atoms with Crippen molar-refractivity contribution in [2.75, 3.05) is 10.6 Å². The standard InChI is InChI=1S/C20H15N7/c21-19-7-8-22-20(25-19)27(15-5-6-18-14(10-15)11-24-26-18)16-9-13-3-1-2-4-17(13)23-12-16/h1-12H,(H,24,26)(H2,21,22,25). The van der Waals surface area contributed by atoms with Gasteiger partial charge in [0.05, 0.1) is 29.1 Å². The highest BCUT2D eigenvalue weighted by molar-refractivity contribution is 5.88. The lowest BCUT2D eigenvalue weighted by molar-refractivity contribution is 1.08. The summed E-state index contributed by atoms with van der Waals surface area (Å²) in [4.78, 5) is 15.4. The number of para-hydroxylation sites is 1. The van der Waals surface area contributed by atoms with Gasteiger partial charge in [-0.2, -0.15) is 10.1 Å². The van der Waals surface area contributed by atoms with Crippen molar-refractivity contribution in [1.29, 1.82) is 0 Å². The fourth-order valence-corrected chi connectivity index (χ4v) is 3.10. The molecular formula is C20H15N7. The van der Waals surface area contributed by atoms with Gasteiger partial charge in [0.2, 0.25) is 5.95 Å². The van der Waals surface area contributed by atoms with E-state index in [0.717, 1.165) is 33.2 Å². The number of aromatic nitrogens is 5. The van der Waals surface area contributed by atoms with Crippen molar-refractivity contribution in [2.45, 2.75) is 0 Å². The van der Waals surface area contributed by atoms with E-state index < -0.39 is 0 Å². The Morgan fingerprint density at radius 3 is 2.67 bits per heavy atom. The number of aromatic amines is 1. The van der Waals surface area contributed by atoms with Crippen molar-refractivity contribution in [3.05, 3.63) is 73.2 Å². The predicted octanol–water partition coefficient (Wildman–Crippen LogP) is 3.95. The number of hydrogen-bond acceptors (Lipinski definition) is 6. The molecule has 0 bridgehead atoms. The van der Waals surface area contributed by atoms with Gasteiger partial charge in [0.25, 0.3) is 0 Å². The summed E-state index contributed by atoms with van der Waals surface area (Å²) in [6, 6.07) is 17.7. The molecule has 0 amide bonds. The molecular weight excluding hydrogens is 338 g/mol. The minimum absolute atomic E-state index is 0.406. The fraction of sp³-hybridized carbons (Fsp3) is 0.